The maximum atomic E-state index is 11.5. The molecule has 122 valence electrons. The fourth-order valence-electron chi connectivity index (χ4n) is 2.25. The van der Waals surface area contributed by atoms with Crippen molar-refractivity contribution in [3.63, 3.8) is 0 Å². The van der Waals surface area contributed by atoms with Crippen LogP contribution in [0, 0.1) is 0 Å². The molecule has 0 bridgehead atoms. The van der Waals surface area contributed by atoms with E-state index in [1.165, 1.54) is 12.1 Å². The molecule has 6 nitrogen and oxygen atoms in total. The van der Waals surface area contributed by atoms with Gasteiger partial charge in [-0.3, -0.25) is 0 Å². The molecule has 0 radical (unpaired) electrons. The number of nitrogens with zero attached hydrogens (tertiary/aromatic N) is 1. The number of oxazole rings is 1. The minimum atomic E-state index is -3.31. The Morgan fingerprint density at radius 2 is 1.62 bits per heavy atom. The van der Waals surface area contributed by atoms with Crippen molar-refractivity contribution in [1.82, 2.24) is 4.98 Å². The van der Waals surface area contributed by atoms with Crippen LogP contribution in [-0.4, -0.2) is 30.7 Å². The van der Waals surface area contributed by atoms with Crippen LogP contribution in [0.15, 0.2) is 63.9 Å². The summed E-state index contributed by atoms with van der Waals surface area (Å²) in [5, 5.41) is 9.13. The molecule has 0 saturated heterocycles. The number of rotatable bonds is 4. The summed E-state index contributed by atoms with van der Waals surface area (Å²) < 4.78 is 28.5. The quantitative estimate of drug-likeness (QED) is 0.782. The Labute approximate surface area is 138 Å². The van der Waals surface area contributed by atoms with E-state index >= 15 is 0 Å². The molecule has 1 heterocycles. The molecule has 0 saturated carbocycles. The topological polar surface area (TPSA) is 97.5 Å². The fraction of sp³-hybridized carbons (Fsp3) is 0.0588. The van der Waals surface area contributed by atoms with E-state index in [0.29, 0.717) is 16.8 Å². The van der Waals surface area contributed by atoms with E-state index in [2.05, 4.69) is 4.98 Å². The molecule has 1 aromatic heterocycles. The Morgan fingerprint density at radius 1 is 1.00 bits per heavy atom. The van der Waals surface area contributed by atoms with Gasteiger partial charge in [-0.25, -0.2) is 18.2 Å². The first-order valence-corrected chi connectivity index (χ1v) is 8.85. The van der Waals surface area contributed by atoms with Crippen molar-refractivity contribution in [3.8, 4) is 22.6 Å². The molecular formula is C17H13NO5S. The summed E-state index contributed by atoms with van der Waals surface area (Å²) in [6.45, 7) is 0. The highest BCUT2D eigenvalue weighted by Crippen LogP contribution is 2.33. The van der Waals surface area contributed by atoms with Gasteiger partial charge in [0.05, 0.1) is 4.90 Å². The van der Waals surface area contributed by atoms with Crippen LogP contribution in [0.1, 0.15) is 10.7 Å². The number of hydrogen-bond acceptors (Lipinski definition) is 5. The number of aromatic carboxylic acids is 1. The van der Waals surface area contributed by atoms with E-state index in [1.807, 2.05) is 6.07 Å². The van der Waals surface area contributed by atoms with Crippen molar-refractivity contribution in [2.24, 2.45) is 0 Å². The molecule has 2 aromatic carbocycles. The average molecular weight is 343 g/mol. The largest absolute Gasteiger partial charge is 0.474 e. The molecule has 0 atom stereocenters. The molecule has 0 aliphatic rings. The van der Waals surface area contributed by atoms with Gasteiger partial charge in [0.15, 0.2) is 15.6 Å². The molecule has 0 aliphatic carbocycles. The van der Waals surface area contributed by atoms with Gasteiger partial charge in [-0.2, -0.15) is 0 Å². The smallest absolute Gasteiger partial charge is 0.392 e. The van der Waals surface area contributed by atoms with Crippen molar-refractivity contribution in [1.29, 1.82) is 0 Å². The predicted molar refractivity (Wildman–Crippen MR) is 87.4 cm³/mol. The highest BCUT2D eigenvalue weighted by Gasteiger charge is 2.21. The molecule has 3 aromatic rings. The molecule has 0 spiro atoms. The maximum absolute atomic E-state index is 11.5. The summed E-state index contributed by atoms with van der Waals surface area (Å²) in [5.74, 6) is -1.42. The third-order valence-corrected chi connectivity index (χ3v) is 4.53. The van der Waals surface area contributed by atoms with Gasteiger partial charge in [0.1, 0.15) is 5.69 Å². The third-order valence-electron chi connectivity index (χ3n) is 3.40. The van der Waals surface area contributed by atoms with E-state index in [1.54, 1.807) is 36.4 Å². The second-order valence-electron chi connectivity index (χ2n) is 5.16. The lowest BCUT2D eigenvalue weighted by Crippen LogP contribution is -1.96. The van der Waals surface area contributed by atoms with Crippen molar-refractivity contribution < 1.29 is 22.7 Å². The SMILES string of the molecule is CS(=O)(=O)c1ccc(-c2oc(C(=O)O)nc2-c2ccccc2)cc1. The highest BCUT2D eigenvalue weighted by atomic mass is 32.2. The van der Waals surface area contributed by atoms with Crippen LogP contribution < -0.4 is 0 Å². The molecule has 3 rings (SSSR count). The first-order valence-electron chi connectivity index (χ1n) is 6.96. The summed E-state index contributed by atoms with van der Waals surface area (Å²) >= 11 is 0. The van der Waals surface area contributed by atoms with E-state index in [4.69, 9.17) is 9.52 Å². The number of benzene rings is 2. The van der Waals surface area contributed by atoms with Gasteiger partial charge in [0, 0.05) is 17.4 Å². The molecule has 24 heavy (non-hydrogen) atoms. The molecule has 1 N–H and O–H groups in total. The van der Waals surface area contributed by atoms with Gasteiger partial charge in [-0.15, -0.1) is 0 Å². The second-order valence-corrected chi connectivity index (χ2v) is 7.18. The standard InChI is InChI=1S/C17H13NO5S/c1-24(21,22)13-9-7-12(8-10-13)15-14(11-5-3-2-4-6-11)18-16(23-15)17(19)20/h2-10H,1H3,(H,19,20). The summed E-state index contributed by atoms with van der Waals surface area (Å²) in [5.41, 5.74) is 1.64. The van der Waals surface area contributed by atoms with Crippen LogP contribution in [-0.2, 0) is 9.84 Å². The highest BCUT2D eigenvalue weighted by molar-refractivity contribution is 7.90. The lowest BCUT2D eigenvalue weighted by atomic mass is 10.1. The normalized spacial score (nSPS) is 11.4. The maximum Gasteiger partial charge on any atom is 0.392 e. The Hall–Kier alpha value is -2.93. The van der Waals surface area contributed by atoms with E-state index < -0.39 is 21.7 Å². The van der Waals surface area contributed by atoms with Gasteiger partial charge in [-0.05, 0) is 24.3 Å². The van der Waals surface area contributed by atoms with Gasteiger partial charge >= 0.3 is 11.9 Å². The number of carboxylic acids is 1. The molecule has 0 aliphatic heterocycles. The Bertz CT molecular complexity index is 989. The second kappa shape index (κ2) is 5.93. The van der Waals surface area contributed by atoms with Crippen molar-refractivity contribution in [3.05, 3.63) is 60.5 Å². The van der Waals surface area contributed by atoms with E-state index in [0.717, 1.165) is 6.26 Å². The lowest BCUT2D eigenvalue weighted by molar-refractivity contribution is 0.0654. The predicted octanol–water partition coefficient (Wildman–Crippen LogP) is 3.11. The molecule has 7 heteroatoms. The van der Waals surface area contributed by atoms with Crippen LogP contribution in [0.2, 0.25) is 0 Å². The summed E-state index contributed by atoms with van der Waals surface area (Å²) in [4.78, 5) is 15.4. The number of sulfone groups is 1. The molecule has 0 unspecified atom stereocenters. The third kappa shape index (κ3) is 3.07. The average Bonchev–Trinajstić information content (AvgIpc) is 3.00. The lowest BCUT2D eigenvalue weighted by Gasteiger charge is -2.03. The summed E-state index contributed by atoms with van der Waals surface area (Å²) in [7, 11) is -3.31. The van der Waals surface area contributed by atoms with Crippen LogP contribution in [0.4, 0.5) is 0 Å². The molecular weight excluding hydrogens is 330 g/mol. The van der Waals surface area contributed by atoms with E-state index in [-0.39, 0.29) is 10.7 Å². The van der Waals surface area contributed by atoms with Crippen LogP contribution >= 0.6 is 0 Å². The van der Waals surface area contributed by atoms with Crippen LogP contribution in [0.3, 0.4) is 0 Å². The van der Waals surface area contributed by atoms with Crippen LogP contribution in [0.25, 0.3) is 22.6 Å². The minimum absolute atomic E-state index is 0.172. The summed E-state index contributed by atoms with van der Waals surface area (Å²) in [6, 6.07) is 15.1. The minimum Gasteiger partial charge on any atom is -0.474 e. The van der Waals surface area contributed by atoms with Gasteiger partial charge in [0.2, 0.25) is 0 Å². The zero-order chi connectivity index (χ0) is 17.3. The number of hydrogen-bond donors (Lipinski definition) is 1. The number of carboxylic acid groups (broad SMARTS) is 1. The first kappa shape index (κ1) is 15.9. The Balaban J connectivity index is 2.15. The van der Waals surface area contributed by atoms with Crippen molar-refractivity contribution >= 4 is 15.8 Å². The van der Waals surface area contributed by atoms with Gasteiger partial charge in [0.25, 0.3) is 0 Å². The Morgan fingerprint density at radius 3 is 2.17 bits per heavy atom. The van der Waals surface area contributed by atoms with Crippen LogP contribution in [0.5, 0.6) is 0 Å². The number of carbonyl (C=O) groups is 1. The van der Waals surface area contributed by atoms with Crippen molar-refractivity contribution in [2.45, 2.75) is 4.90 Å². The summed E-state index contributed by atoms with van der Waals surface area (Å²) in [6.07, 6.45) is 1.12. The zero-order valence-electron chi connectivity index (χ0n) is 12.6. The van der Waals surface area contributed by atoms with Gasteiger partial charge < -0.3 is 9.52 Å². The van der Waals surface area contributed by atoms with E-state index in [9.17, 15) is 13.2 Å². The fourth-order valence-corrected chi connectivity index (χ4v) is 2.88. The Kier molecular flexibility index (Phi) is 3.94. The monoisotopic (exact) mass is 343 g/mol. The molecule has 0 fully saturated rings. The van der Waals surface area contributed by atoms with Gasteiger partial charge in [-0.1, -0.05) is 30.3 Å². The first-order chi connectivity index (χ1) is 11.4. The van der Waals surface area contributed by atoms with Crippen molar-refractivity contribution in [2.75, 3.05) is 6.26 Å². The molecule has 0 amide bonds. The number of aromatic nitrogens is 1. The zero-order valence-corrected chi connectivity index (χ0v) is 13.4.